The highest BCUT2D eigenvalue weighted by atomic mass is 16.5. The number of benzene rings is 1. The van der Waals surface area contributed by atoms with Crippen molar-refractivity contribution in [2.24, 2.45) is 5.92 Å². The van der Waals surface area contributed by atoms with Crippen LogP contribution in [0.4, 0.5) is 0 Å². The molecule has 3 rings (SSSR count). The van der Waals surface area contributed by atoms with E-state index < -0.39 is 0 Å². The number of hydrogen-bond donors (Lipinski definition) is 1. The molecule has 1 aromatic carbocycles. The molecule has 1 spiro atoms. The summed E-state index contributed by atoms with van der Waals surface area (Å²) < 4.78 is 11.7. The van der Waals surface area contributed by atoms with Gasteiger partial charge in [0.05, 0.1) is 7.11 Å². The van der Waals surface area contributed by atoms with Crippen LogP contribution in [-0.2, 0) is 0 Å². The molecule has 1 aliphatic carbocycles. The van der Waals surface area contributed by atoms with Gasteiger partial charge in [-0.05, 0) is 50.4 Å². The topological polar surface area (TPSA) is 30.5 Å². The molecule has 19 heavy (non-hydrogen) atoms. The van der Waals surface area contributed by atoms with E-state index in [4.69, 9.17) is 9.47 Å². The van der Waals surface area contributed by atoms with Crippen LogP contribution in [0.2, 0.25) is 0 Å². The van der Waals surface area contributed by atoms with Crippen LogP contribution in [0.15, 0.2) is 18.2 Å². The first kappa shape index (κ1) is 12.8. The molecule has 0 radical (unpaired) electrons. The van der Waals surface area contributed by atoms with E-state index in [1.54, 1.807) is 7.11 Å². The van der Waals surface area contributed by atoms with Crippen molar-refractivity contribution in [3.8, 4) is 11.5 Å². The average Bonchev–Trinajstić information content (AvgIpc) is 2.78. The molecule has 1 heterocycles. The van der Waals surface area contributed by atoms with Crippen molar-refractivity contribution in [2.45, 2.75) is 44.2 Å². The van der Waals surface area contributed by atoms with Gasteiger partial charge in [-0.15, -0.1) is 0 Å². The third-order valence-electron chi connectivity index (χ3n) is 4.66. The van der Waals surface area contributed by atoms with Crippen LogP contribution < -0.4 is 14.8 Å². The molecular formula is C16H23NO2. The Morgan fingerprint density at radius 3 is 2.84 bits per heavy atom. The highest BCUT2D eigenvalue weighted by Gasteiger charge is 2.45. The molecule has 3 unspecified atom stereocenters. The Labute approximate surface area is 115 Å². The van der Waals surface area contributed by atoms with Crippen LogP contribution in [-0.4, -0.2) is 19.8 Å². The van der Waals surface area contributed by atoms with E-state index in [0.717, 1.165) is 23.8 Å². The maximum atomic E-state index is 6.39. The summed E-state index contributed by atoms with van der Waals surface area (Å²) in [6.07, 6.45) is 4.70. The summed E-state index contributed by atoms with van der Waals surface area (Å²) in [5, 5.41) is 3.44. The van der Waals surface area contributed by atoms with Gasteiger partial charge >= 0.3 is 0 Å². The van der Waals surface area contributed by atoms with Gasteiger partial charge in [-0.1, -0.05) is 6.92 Å². The summed E-state index contributed by atoms with van der Waals surface area (Å²) in [4.78, 5) is 0. The molecule has 1 aromatic rings. The van der Waals surface area contributed by atoms with Crippen LogP contribution in [0.5, 0.6) is 11.5 Å². The van der Waals surface area contributed by atoms with Gasteiger partial charge in [0.25, 0.3) is 0 Å². The SMILES string of the molecule is CNC1CC2(CCC(C)C2)Oc2ccc(OC)cc21. The smallest absolute Gasteiger partial charge is 0.125 e. The third kappa shape index (κ3) is 2.20. The van der Waals surface area contributed by atoms with Gasteiger partial charge in [0.1, 0.15) is 17.1 Å². The second-order valence-corrected chi connectivity index (χ2v) is 6.08. The van der Waals surface area contributed by atoms with E-state index in [-0.39, 0.29) is 5.60 Å². The Bertz CT molecular complexity index is 474. The molecule has 0 bridgehead atoms. The number of rotatable bonds is 2. The number of hydrogen-bond acceptors (Lipinski definition) is 3. The molecule has 0 saturated heterocycles. The zero-order valence-electron chi connectivity index (χ0n) is 12.0. The van der Waals surface area contributed by atoms with Crippen molar-refractivity contribution in [1.29, 1.82) is 0 Å². The van der Waals surface area contributed by atoms with Crippen molar-refractivity contribution in [3.05, 3.63) is 23.8 Å². The zero-order chi connectivity index (χ0) is 13.5. The van der Waals surface area contributed by atoms with E-state index in [1.165, 1.54) is 24.8 Å². The van der Waals surface area contributed by atoms with Crippen molar-refractivity contribution >= 4 is 0 Å². The molecule has 3 atom stereocenters. The van der Waals surface area contributed by atoms with Gasteiger partial charge in [0, 0.05) is 18.0 Å². The van der Waals surface area contributed by atoms with Crippen molar-refractivity contribution in [2.75, 3.05) is 14.2 Å². The first-order chi connectivity index (χ1) is 9.15. The monoisotopic (exact) mass is 261 g/mol. The fourth-order valence-corrected chi connectivity index (χ4v) is 3.66. The van der Waals surface area contributed by atoms with E-state index in [9.17, 15) is 0 Å². The molecule has 104 valence electrons. The van der Waals surface area contributed by atoms with Crippen LogP contribution in [0.25, 0.3) is 0 Å². The number of ether oxygens (including phenoxy) is 2. The van der Waals surface area contributed by atoms with Gasteiger partial charge in [0.2, 0.25) is 0 Å². The van der Waals surface area contributed by atoms with Crippen molar-refractivity contribution in [3.63, 3.8) is 0 Å². The molecule has 1 fully saturated rings. The van der Waals surface area contributed by atoms with Crippen LogP contribution in [0, 0.1) is 5.92 Å². The lowest BCUT2D eigenvalue weighted by atomic mass is 9.85. The zero-order valence-corrected chi connectivity index (χ0v) is 12.0. The highest BCUT2D eigenvalue weighted by molar-refractivity contribution is 5.44. The largest absolute Gasteiger partial charge is 0.497 e. The third-order valence-corrected chi connectivity index (χ3v) is 4.66. The Morgan fingerprint density at radius 1 is 1.37 bits per heavy atom. The first-order valence-electron chi connectivity index (χ1n) is 7.20. The molecule has 1 aliphatic heterocycles. The van der Waals surface area contributed by atoms with Gasteiger partial charge < -0.3 is 14.8 Å². The number of methoxy groups -OCH3 is 1. The number of fused-ring (bicyclic) bond motifs is 1. The lowest BCUT2D eigenvalue weighted by Gasteiger charge is -2.40. The quantitative estimate of drug-likeness (QED) is 0.886. The normalized spacial score (nSPS) is 33.0. The van der Waals surface area contributed by atoms with E-state index in [2.05, 4.69) is 24.4 Å². The van der Waals surface area contributed by atoms with E-state index in [1.807, 2.05) is 13.1 Å². The molecular weight excluding hydrogens is 238 g/mol. The van der Waals surface area contributed by atoms with E-state index >= 15 is 0 Å². The molecule has 1 N–H and O–H groups in total. The maximum absolute atomic E-state index is 6.39. The minimum atomic E-state index is 0.0503. The van der Waals surface area contributed by atoms with Crippen molar-refractivity contribution in [1.82, 2.24) is 5.32 Å². The molecule has 1 saturated carbocycles. The second kappa shape index (κ2) is 4.71. The van der Waals surface area contributed by atoms with Crippen LogP contribution in [0.1, 0.15) is 44.2 Å². The lowest BCUT2D eigenvalue weighted by molar-refractivity contribution is 0.0346. The Hall–Kier alpha value is -1.22. The predicted molar refractivity (Wildman–Crippen MR) is 75.8 cm³/mol. The molecule has 3 heteroatoms. The Balaban J connectivity index is 1.95. The fraction of sp³-hybridized carbons (Fsp3) is 0.625. The minimum Gasteiger partial charge on any atom is -0.497 e. The fourth-order valence-electron chi connectivity index (χ4n) is 3.66. The Morgan fingerprint density at radius 2 is 2.21 bits per heavy atom. The second-order valence-electron chi connectivity index (χ2n) is 6.08. The lowest BCUT2D eigenvalue weighted by Crippen LogP contribution is -2.41. The maximum Gasteiger partial charge on any atom is 0.125 e. The minimum absolute atomic E-state index is 0.0503. The van der Waals surface area contributed by atoms with E-state index in [0.29, 0.717) is 6.04 Å². The molecule has 2 aliphatic rings. The summed E-state index contributed by atoms with van der Waals surface area (Å²) in [7, 11) is 3.74. The summed E-state index contributed by atoms with van der Waals surface area (Å²) in [6.45, 7) is 2.33. The van der Waals surface area contributed by atoms with Gasteiger partial charge in [-0.25, -0.2) is 0 Å². The molecule has 0 amide bonds. The van der Waals surface area contributed by atoms with Crippen molar-refractivity contribution < 1.29 is 9.47 Å². The van der Waals surface area contributed by atoms with Gasteiger partial charge in [-0.2, -0.15) is 0 Å². The standard InChI is InChI=1S/C16H23NO2/c1-11-6-7-16(9-11)10-14(17-2)13-8-12(18-3)4-5-15(13)19-16/h4-5,8,11,14,17H,6-7,9-10H2,1-3H3. The summed E-state index contributed by atoms with van der Waals surface area (Å²) in [5.41, 5.74) is 1.28. The first-order valence-corrected chi connectivity index (χ1v) is 7.20. The summed E-state index contributed by atoms with van der Waals surface area (Å²) in [5.74, 6) is 2.70. The van der Waals surface area contributed by atoms with Gasteiger partial charge in [0.15, 0.2) is 0 Å². The molecule has 3 nitrogen and oxygen atoms in total. The summed E-state index contributed by atoms with van der Waals surface area (Å²) in [6, 6.07) is 6.51. The Kier molecular flexibility index (Phi) is 3.17. The van der Waals surface area contributed by atoms with Crippen LogP contribution in [0.3, 0.4) is 0 Å². The van der Waals surface area contributed by atoms with Gasteiger partial charge in [-0.3, -0.25) is 0 Å². The molecule has 0 aromatic heterocycles. The highest BCUT2D eigenvalue weighted by Crippen LogP contribution is 2.49. The summed E-state index contributed by atoms with van der Waals surface area (Å²) >= 11 is 0. The number of nitrogens with one attached hydrogen (secondary N) is 1. The average molecular weight is 261 g/mol. The predicted octanol–water partition coefficient (Wildman–Crippen LogP) is 3.30. The van der Waals surface area contributed by atoms with Crippen LogP contribution >= 0.6 is 0 Å².